The van der Waals surface area contributed by atoms with Crippen molar-refractivity contribution in [3.63, 3.8) is 0 Å². The van der Waals surface area contributed by atoms with Crippen LogP contribution in [0.5, 0.6) is 5.75 Å². The Labute approximate surface area is 137 Å². The number of amides is 1. The maximum atomic E-state index is 12.7. The molecule has 0 radical (unpaired) electrons. The van der Waals surface area contributed by atoms with Gasteiger partial charge in [0.2, 0.25) is 5.91 Å². The molecule has 23 heavy (non-hydrogen) atoms. The summed E-state index contributed by atoms with van der Waals surface area (Å²) in [5.41, 5.74) is 0.742. The zero-order valence-corrected chi connectivity index (χ0v) is 14.6. The first kappa shape index (κ1) is 17.6. The normalized spacial score (nSPS) is 20.7. The van der Waals surface area contributed by atoms with E-state index in [4.69, 9.17) is 4.74 Å². The predicted octanol–water partition coefficient (Wildman–Crippen LogP) is 1.53. The maximum absolute atomic E-state index is 12.7. The van der Waals surface area contributed by atoms with Crippen molar-refractivity contribution < 1.29 is 17.9 Å². The number of anilines is 1. The highest BCUT2D eigenvalue weighted by atomic mass is 32.2. The van der Waals surface area contributed by atoms with E-state index in [1.54, 1.807) is 18.9 Å². The number of likely N-dealkylation sites (N-methyl/N-ethyl adjacent to an activating group) is 1. The van der Waals surface area contributed by atoms with Gasteiger partial charge in [0.25, 0.3) is 0 Å². The van der Waals surface area contributed by atoms with Gasteiger partial charge >= 0.3 is 0 Å². The van der Waals surface area contributed by atoms with Crippen LogP contribution in [0.4, 0.5) is 5.69 Å². The van der Waals surface area contributed by atoms with Crippen molar-refractivity contribution in [2.24, 2.45) is 0 Å². The molecule has 2 rings (SSSR count). The molecule has 0 spiro atoms. The number of hydrogen-bond donors (Lipinski definition) is 1. The minimum absolute atomic E-state index is 0.0635. The molecule has 1 amide bonds. The van der Waals surface area contributed by atoms with Crippen LogP contribution >= 0.6 is 0 Å². The minimum Gasteiger partial charge on any atom is -0.495 e. The Morgan fingerprint density at radius 2 is 2.13 bits per heavy atom. The number of nitrogens with zero attached hydrogens (tertiary/aromatic N) is 1. The molecule has 128 valence electrons. The molecule has 0 aromatic heterocycles. The summed E-state index contributed by atoms with van der Waals surface area (Å²) in [5, 5.41) is 3.15. The van der Waals surface area contributed by atoms with Crippen LogP contribution in [0, 0.1) is 0 Å². The lowest BCUT2D eigenvalue weighted by Gasteiger charge is -2.30. The van der Waals surface area contributed by atoms with Gasteiger partial charge in [0.1, 0.15) is 11.8 Å². The van der Waals surface area contributed by atoms with Gasteiger partial charge in [-0.3, -0.25) is 4.79 Å². The maximum Gasteiger partial charge on any atom is 0.245 e. The van der Waals surface area contributed by atoms with E-state index in [0.717, 1.165) is 5.69 Å². The lowest BCUT2D eigenvalue weighted by molar-refractivity contribution is -0.133. The third-order valence-corrected chi connectivity index (χ3v) is 5.87. The van der Waals surface area contributed by atoms with Crippen LogP contribution in [0.15, 0.2) is 24.3 Å². The van der Waals surface area contributed by atoms with Crippen molar-refractivity contribution in [3.8, 4) is 5.75 Å². The van der Waals surface area contributed by atoms with Gasteiger partial charge in [-0.05, 0) is 32.4 Å². The molecule has 1 aromatic rings. The van der Waals surface area contributed by atoms with Gasteiger partial charge < -0.3 is 15.0 Å². The van der Waals surface area contributed by atoms with E-state index in [0.29, 0.717) is 18.7 Å². The van der Waals surface area contributed by atoms with Crippen molar-refractivity contribution in [3.05, 3.63) is 24.3 Å². The first-order chi connectivity index (χ1) is 10.9. The zero-order chi connectivity index (χ0) is 17.0. The van der Waals surface area contributed by atoms with Gasteiger partial charge in [-0.1, -0.05) is 12.1 Å². The molecule has 2 atom stereocenters. The Morgan fingerprint density at radius 1 is 1.43 bits per heavy atom. The van der Waals surface area contributed by atoms with E-state index in [-0.39, 0.29) is 23.5 Å². The van der Waals surface area contributed by atoms with Gasteiger partial charge in [-0.15, -0.1) is 0 Å². The third-order valence-electron chi connectivity index (χ3n) is 4.12. The largest absolute Gasteiger partial charge is 0.495 e. The predicted molar refractivity (Wildman–Crippen MR) is 90.5 cm³/mol. The number of benzene rings is 1. The topological polar surface area (TPSA) is 75.7 Å². The number of hydrogen-bond acceptors (Lipinski definition) is 5. The molecular weight excluding hydrogens is 316 g/mol. The SMILES string of the molecule is CCN(C(=O)[C@H](C)Nc1ccccc1OC)[C@@H]1CCS(=O)(=O)C1. The highest BCUT2D eigenvalue weighted by Crippen LogP contribution is 2.25. The highest BCUT2D eigenvalue weighted by Gasteiger charge is 2.35. The molecule has 0 unspecified atom stereocenters. The van der Waals surface area contributed by atoms with Crippen molar-refractivity contribution in [1.29, 1.82) is 0 Å². The van der Waals surface area contributed by atoms with Crippen LogP contribution in [0.1, 0.15) is 20.3 Å². The summed E-state index contributed by atoms with van der Waals surface area (Å²) in [7, 11) is -1.44. The van der Waals surface area contributed by atoms with Crippen LogP contribution < -0.4 is 10.1 Å². The second kappa shape index (κ2) is 7.21. The summed E-state index contributed by atoms with van der Waals surface area (Å²) in [4.78, 5) is 14.4. The van der Waals surface area contributed by atoms with Crippen molar-refractivity contribution in [2.75, 3.05) is 30.5 Å². The summed E-state index contributed by atoms with van der Waals surface area (Å²) in [6.45, 7) is 4.15. The van der Waals surface area contributed by atoms with Gasteiger partial charge in [0, 0.05) is 12.6 Å². The van der Waals surface area contributed by atoms with Gasteiger partial charge in [-0.2, -0.15) is 0 Å². The van der Waals surface area contributed by atoms with Crippen molar-refractivity contribution in [1.82, 2.24) is 4.90 Å². The molecule has 0 aliphatic carbocycles. The van der Waals surface area contributed by atoms with Crippen molar-refractivity contribution in [2.45, 2.75) is 32.4 Å². The smallest absolute Gasteiger partial charge is 0.245 e. The summed E-state index contributed by atoms with van der Waals surface area (Å²) >= 11 is 0. The van der Waals surface area contributed by atoms with E-state index in [9.17, 15) is 13.2 Å². The number of rotatable bonds is 6. The van der Waals surface area contributed by atoms with E-state index < -0.39 is 15.9 Å². The zero-order valence-electron chi connectivity index (χ0n) is 13.8. The molecule has 1 N–H and O–H groups in total. The lowest BCUT2D eigenvalue weighted by Crippen LogP contribution is -2.47. The Morgan fingerprint density at radius 3 is 2.70 bits per heavy atom. The fourth-order valence-electron chi connectivity index (χ4n) is 2.92. The summed E-state index contributed by atoms with van der Waals surface area (Å²) in [6.07, 6.45) is 0.517. The quantitative estimate of drug-likeness (QED) is 0.850. The number of methoxy groups -OCH3 is 1. The Bertz CT molecular complexity index is 660. The second-order valence-electron chi connectivity index (χ2n) is 5.75. The number of carbonyl (C=O) groups is 1. The Kier molecular flexibility index (Phi) is 5.51. The summed E-state index contributed by atoms with van der Waals surface area (Å²) < 4.78 is 28.6. The molecule has 1 heterocycles. The second-order valence-corrected chi connectivity index (χ2v) is 7.98. The fourth-order valence-corrected chi connectivity index (χ4v) is 4.65. The van der Waals surface area contributed by atoms with Crippen LogP contribution in [0.3, 0.4) is 0 Å². The van der Waals surface area contributed by atoms with E-state index in [2.05, 4.69) is 5.32 Å². The molecular formula is C16H24N2O4S. The summed E-state index contributed by atoms with van der Waals surface area (Å²) in [6, 6.07) is 6.70. The standard InChI is InChI=1S/C16H24N2O4S/c1-4-18(13-9-10-23(20,21)11-13)16(19)12(2)17-14-7-5-6-8-15(14)22-3/h5-8,12-13,17H,4,9-11H2,1-3H3/t12-,13+/m0/s1. The summed E-state index contributed by atoms with van der Waals surface area (Å²) in [5.74, 6) is 0.795. The van der Waals surface area contributed by atoms with Crippen LogP contribution in [-0.4, -0.2) is 56.5 Å². The van der Waals surface area contributed by atoms with Gasteiger partial charge in [0.05, 0.1) is 24.3 Å². The lowest BCUT2D eigenvalue weighted by atomic mass is 10.1. The average molecular weight is 340 g/mol. The Hall–Kier alpha value is -1.76. The molecule has 1 aliphatic rings. The molecule has 1 fully saturated rings. The molecule has 1 aromatic carbocycles. The highest BCUT2D eigenvalue weighted by molar-refractivity contribution is 7.91. The van der Waals surface area contributed by atoms with Crippen molar-refractivity contribution >= 4 is 21.4 Å². The van der Waals surface area contributed by atoms with Crippen LogP contribution in [0.2, 0.25) is 0 Å². The number of sulfone groups is 1. The molecule has 0 bridgehead atoms. The molecule has 0 saturated carbocycles. The Balaban J connectivity index is 2.08. The minimum atomic E-state index is -3.01. The molecule has 6 nitrogen and oxygen atoms in total. The number of para-hydroxylation sites is 2. The van der Waals surface area contributed by atoms with E-state index >= 15 is 0 Å². The van der Waals surface area contributed by atoms with E-state index in [1.807, 2.05) is 31.2 Å². The molecule has 1 aliphatic heterocycles. The third kappa shape index (κ3) is 4.16. The monoisotopic (exact) mass is 340 g/mol. The number of ether oxygens (including phenoxy) is 1. The molecule has 7 heteroatoms. The van der Waals surface area contributed by atoms with E-state index in [1.165, 1.54) is 0 Å². The average Bonchev–Trinajstić information content (AvgIpc) is 2.88. The van der Waals surface area contributed by atoms with Gasteiger partial charge in [0.15, 0.2) is 9.84 Å². The van der Waals surface area contributed by atoms with Crippen LogP contribution in [0.25, 0.3) is 0 Å². The van der Waals surface area contributed by atoms with Crippen LogP contribution in [-0.2, 0) is 14.6 Å². The van der Waals surface area contributed by atoms with Gasteiger partial charge in [-0.25, -0.2) is 8.42 Å². The number of nitrogens with one attached hydrogen (secondary N) is 1. The fraction of sp³-hybridized carbons (Fsp3) is 0.562. The first-order valence-electron chi connectivity index (χ1n) is 7.78. The number of carbonyl (C=O) groups excluding carboxylic acids is 1. The first-order valence-corrected chi connectivity index (χ1v) is 9.60. The molecule has 1 saturated heterocycles.